The van der Waals surface area contributed by atoms with Gasteiger partial charge in [0.15, 0.2) is 5.65 Å². The number of nitrogens with one attached hydrogen (secondary N) is 1. The van der Waals surface area contributed by atoms with Crippen LogP contribution < -0.4 is 10.1 Å². The number of hydrogen-bond acceptors (Lipinski definition) is 4. The summed E-state index contributed by atoms with van der Waals surface area (Å²) in [6.45, 7) is 4.27. The summed E-state index contributed by atoms with van der Waals surface area (Å²) in [4.78, 5) is 4.59. The van der Waals surface area contributed by atoms with E-state index in [0.29, 0.717) is 28.5 Å². The molecule has 4 aromatic rings. The fourth-order valence-corrected chi connectivity index (χ4v) is 3.10. The molecule has 5 nitrogen and oxygen atoms in total. The highest BCUT2D eigenvalue weighted by atomic mass is 19.4. The van der Waals surface area contributed by atoms with E-state index in [-0.39, 0.29) is 5.75 Å². The largest absolute Gasteiger partial charge is 0.573 e. The minimum Gasteiger partial charge on any atom is -0.406 e. The Morgan fingerprint density at radius 1 is 1.03 bits per heavy atom. The molecule has 8 heteroatoms. The first-order chi connectivity index (χ1) is 14.3. The van der Waals surface area contributed by atoms with Crippen molar-refractivity contribution in [3.8, 4) is 16.9 Å². The molecule has 2 aromatic heterocycles. The molecular weight excluding hydrogens is 393 g/mol. The number of ether oxygens (including phenoxy) is 1. The summed E-state index contributed by atoms with van der Waals surface area (Å²) < 4.78 is 43.2. The topological polar surface area (TPSA) is 51.5 Å². The van der Waals surface area contributed by atoms with Crippen LogP contribution in [0.5, 0.6) is 5.75 Å². The summed E-state index contributed by atoms with van der Waals surface area (Å²) in [6, 6.07) is 15.6. The van der Waals surface area contributed by atoms with Crippen molar-refractivity contribution in [1.29, 1.82) is 0 Å². The van der Waals surface area contributed by atoms with Gasteiger partial charge in [0.05, 0.1) is 6.20 Å². The molecule has 30 heavy (non-hydrogen) atoms. The van der Waals surface area contributed by atoms with Gasteiger partial charge in [0.25, 0.3) is 0 Å². The number of alkyl halides is 3. The monoisotopic (exact) mass is 412 g/mol. The second-order valence-electron chi connectivity index (χ2n) is 7.12. The van der Waals surface area contributed by atoms with Crippen LogP contribution in [0.2, 0.25) is 0 Å². The Morgan fingerprint density at radius 2 is 1.80 bits per heavy atom. The highest BCUT2D eigenvalue weighted by molar-refractivity contribution is 5.78. The van der Waals surface area contributed by atoms with Gasteiger partial charge in [-0.05, 0) is 47.4 Å². The number of anilines is 2. The zero-order valence-electron chi connectivity index (χ0n) is 16.3. The van der Waals surface area contributed by atoms with Crippen LogP contribution in [0.25, 0.3) is 16.8 Å². The zero-order valence-corrected chi connectivity index (χ0v) is 16.3. The molecule has 0 saturated heterocycles. The summed E-state index contributed by atoms with van der Waals surface area (Å²) in [5.41, 5.74) is 3.77. The number of hydrogen-bond donors (Lipinski definition) is 1. The molecule has 0 aliphatic heterocycles. The number of rotatable bonds is 5. The van der Waals surface area contributed by atoms with Crippen molar-refractivity contribution in [3.05, 3.63) is 72.6 Å². The summed E-state index contributed by atoms with van der Waals surface area (Å²) >= 11 is 0. The summed E-state index contributed by atoms with van der Waals surface area (Å²) in [5, 5.41) is 7.49. The van der Waals surface area contributed by atoms with Crippen molar-refractivity contribution >= 4 is 17.2 Å². The molecule has 2 aromatic carbocycles. The van der Waals surface area contributed by atoms with Gasteiger partial charge in [-0.25, -0.2) is 9.50 Å². The third-order valence-electron chi connectivity index (χ3n) is 4.60. The second kappa shape index (κ2) is 7.70. The van der Waals surface area contributed by atoms with Crippen molar-refractivity contribution in [1.82, 2.24) is 14.6 Å². The SMILES string of the molecule is CC(C)c1ccc(Nc2ccn3ncc(-c4cccc(OC(F)(F)F)c4)c3n2)cc1. The molecule has 1 N–H and O–H groups in total. The van der Waals surface area contributed by atoms with Crippen molar-refractivity contribution in [2.45, 2.75) is 26.1 Å². The summed E-state index contributed by atoms with van der Waals surface area (Å²) in [5.74, 6) is 0.753. The Bertz CT molecular complexity index is 1170. The average molecular weight is 412 g/mol. The van der Waals surface area contributed by atoms with Crippen molar-refractivity contribution in [2.75, 3.05) is 5.32 Å². The van der Waals surface area contributed by atoms with Crippen molar-refractivity contribution in [2.24, 2.45) is 0 Å². The fourth-order valence-electron chi connectivity index (χ4n) is 3.10. The Balaban J connectivity index is 1.64. The van der Waals surface area contributed by atoms with E-state index in [4.69, 9.17) is 0 Å². The molecule has 0 atom stereocenters. The quantitative estimate of drug-likeness (QED) is 0.426. The maximum Gasteiger partial charge on any atom is 0.573 e. The Kier molecular flexibility index (Phi) is 5.07. The van der Waals surface area contributed by atoms with E-state index >= 15 is 0 Å². The van der Waals surface area contributed by atoms with Crippen LogP contribution in [0, 0.1) is 0 Å². The van der Waals surface area contributed by atoms with E-state index in [2.05, 4.69) is 46.1 Å². The van der Waals surface area contributed by atoms with Gasteiger partial charge >= 0.3 is 6.36 Å². The Morgan fingerprint density at radius 3 is 2.50 bits per heavy atom. The van der Waals surface area contributed by atoms with Gasteiger partial charge < -0.3 is 10.1 Å². The normalized spacial score (nSPS) is 11.8. The highest BCUT2D eigenvalue weighted by Gasteiger charge is 2.31. The molecule has 0 aliphatic rings. The van der Waals surface area contributed by atoms with Crippen LogP contribution in [-0.2, 0) is 0 Å². The van der Waals surface area contributed by atoms with E-state index in [9.17, 15) is 13.2 Å². The third kappa shape index (κ3) is 4.37. The Labute approximate surface area is 171 Å². The van der Waals surface area contributed by atoms with Crippen LogP contribution in [0.4, 0.5) is 24.7 Å². The van der Waals surface area contributed by atoms with Crippen molar-refractivity contribution < 1.29 is 17.9 Å². The summed E-state index contributed by atoms with van der Waals surface area (Å²) in [7, 11) is 0. The van der Waals surface area contributed by atoms with E-state index < -0.39 is 6.36 Å². The average Bonchev–Trinajstić information content (AvgIpc) is 3.10. The van der Waals surface area contributed by atoms with Gasteiger partial charge in [0, 0.05) is 17.4 Å². The second-order valence-corrected chi connectivity index (χ2v) is 7.12. The molecule has 0 bridgehead atoms. The molecule has 0 radical (unpaired) electrons. The van der Waals surface area contributed by atoms with Gasteiger partial charge in [-0.2, -0.15) is 5.10 Å². The van der Waals surface area contributed by atoms with Gasteiger partial charge in [0.1, 0.15) is 11.6 Å². The molecule has 0 unspecified atom stereocenters. The first kappa shape index (κ1) is 19.8. The van der Waals surface area contributed by atoms with Crippen LogP contribution >= 0.6 is 0 Å². The number of halogens is 3. The molecule has 154 valence electrons. The lowest BCUT2D eigenvalue weighted by Crippen LogP contribution is -2.17. The predicted octanol–water partition coefficient (Wildman–Crippen LogP) is 6.16. The smallest absolute Gasteiger partial charge is 0.406 e. The zero-order chi connectivity index (χ0) is 21.3. The number of fused-ring (bicyclic) bond motifs is 1. The first-order valence-electron chi connectivity index (χ1n) is 9.36. The summed E-state index contributed by atoms with van der Waals surface area (Å²) in [6.07, 6.45) is -1.44. The van der Waals surface area contributed by atoms with E-state index in [0.717, 1.165) is 5.69 Å². The maximum absolute atomic E-state index is 12.5. The van der Waals surface area contributed by atoms with Gasteiger partial charge in [-0.3, -0.25) is 0 Å². The lowest BCUT2D eigenvalue weighted by Gasteiger charge is -2.10. The molecule has 0 amide bonds. The minimum atomic E-state index is -4.75. The molecule has 4 rings (SSSR count). The molecule has 2 heterocycles. The molecule has 0 spiro atoms. The van der Waals surface area contributed by atoms with Crippen molar-refractivity contribution in [3.63, 3.8) is 0 Å². The van der Waals surface area contributed by atoms with E-state index in [1.807, 2.05) is 12.1 Å². The van der Waals surface area contributed by atoms with Crippen LogP contribution in [0.15, 0.2) is 67.0 Å². The van der Waals surface area contributed by atoms with Gasteiger partial charge in [0.2, 0.25) is 0 Å². The van der Waals surface area contributed by atoms with Crippen LogP contribution in [-0.4, -0.2) is 21.0 Å². The van der Waals surface area contributed by atoms with E-state index in [1.165, 1.54) is 23.8 Å². The van der Waals surface area contributed by atoms with Crippen LogP contribution in [0.3, 0.4) is 0 Å². The fraction of sp³-hybridized carbons (Fsp3) is 0.182. The number of nitrogens with zero attached hydrogens (tertiary/aromatic N) is 3. The van der Waals surface area contributed by atoms with E-state index in [1.54, 1.807) is 29.0 Å². The molecule has 0 saturated carbocycles. The number of aromatic nitrogens is 3. The molecule has 0 aliphatic carbocycles. The predicted molar refractivity (Wildman–Crippen MR) is 109 cm³/mol. The Hall–Kier alpha value is -3.55. The minimum absolute atomic E-state index is 0.293. The maximum atomic E-state index is 12.5. The van der Waals surface area contributed by atoms with Gasteiger partial charge in [-0.1, -0.05) is 38.1 Å². The lowest BCUT2D eigenvalue weighted by molar-refractivity contribution is -0.274. The molecular formula is C22H19F3N4O. The van der Waals surface area contributed by atoms with Crippen LogP contribution in [0.1, 0.15) is 25.3 Å². The lowest BCUT2D eigenvalue weighted by atomic mass is 10.0. The third-order valence-corrected chi connectivity index (χ3v) is 4.60. The highest BCUT2D eigenvalue weighted by Crippen LogP contribution is 2.30. The molecule has 0 fully saturated rings. The first-order valence-corrected chi connectivity index (χ1v) is 9.36. The number of benzene rings is 2. The standard InChI is InChI=1S/C22H19F3N4O/c1-14(2)15-6-8-17(9-7-15)27-20-10-11-29-21(28-20)19(13-26-29)16-4-3-5-18(12-16)30-22(23,24)25/h3-14H,1-2H3,(H,27,28). The van der Waals surface area contributed by atoms with Gasteiger partial charge in [-0.15, -0.1) is 13.2 Å².